The third kappa shape index (κ3) is 3.29. The van der Waals surface area contributed by atoms with E-state index in [0.29, 0.717) is 18.4 Å². The summed E-state index contributed by atoms with van der Waals surface area (Å²) >= 11 is 0. The van der Waals surface area contributed by atoms with E-state index in [1.54, 1.807) is 0 Å². The highest BCUT2D eigenvalue weighted by atomic mass is 16.5. The van der Waals surface area contributed by atoms with E-state index >= 15 is 0 Å². The van der Waals surface area contributed by atoms with Crippen LogP contribution in [0.3, 0.4) is 0 Å². The second-order valence-corrected chi connectivity index (χ2v) is 4.63. The Labute approximate surface area is 108 Å². The maximum atomic E-state index is 5.71. The number of benzene rings is 1. The monoisotopic (exact) mass is 242 g/mol. The molecule has 0 aliphatic carbocycles. The molecule has 0 bridgehead atoms. The van der Waals surface area contributed by atoms with Gasteiger partial charge in [-0.25, -0.2) is 4.98 Å². The van der Waals surface area contributed by atoms with Gasteiger partial charge in [-0.05, 0) is 12.5 Å². The Balaban J connectivity index is 2.10. The molecule has 0 aliphatic heterocycles. The number of aryl methyl sites for hydroxylation is 1. The first-order valence-electron chi connectivity index (χ1n) is 6.17. The second kappa shape index (κ2) is 5.63. The molecule has 0 N–H and O–H groups in total. The van der Waals surface area contributed by atoms with Crippen LogP contribution < -0.4 is 4.74 Å². The molecule has 0 atom stereocenters. The number of hydrogen-bond donors (Lipinski definition) is 0. The Kier molecular flexibility index (Phi) is 3.92. The van der Waals surface area contributed by atoms with E-state index in [-0.39, 0.29) is 0 Å². The second-order valence-electron chi connectivity index (χ2n) is 4.63. The average Bonchev–Trinajstić information content (AvgIpc) is 2.37. The van der Waals surface area contributed by atoms with Crippen LogP contribution in [0, 0.1) is 6.92 Å². The van der Waals surface area contributed by atoms with Gasteiger partial charge in [-0.3, -0.25) is 0 Å². The molecule has 1 heterocycles. The molecule has 0 amide bonds. The smallest absolute Gasteiger partial charge is 0.217 e. The van der Waals surface area contributed by atoms with Crippen molar-refractivity contribution in [2.75, 3.05) is 0 Å². The van der Waals surface area contributed by atoms with Crippen LogP contribution in [0.2, 0.25) is 0 Å². The summed E-state index contributed by atoms with van der Waals surface area (Å²) in [5.41, 5.74) is 2.08. The number of hydrogen-bond acceptors (Lipinski definition) is 3. The third-order valence-electron chi connectivity index (χ3n) is 2.59. The van der Waals surface area contributed by atoms with Gasteiger partial charge in [0.25, 0.3) is 0 Å². The Morgan fingerprint density at radius 1 is 1.11 bits per heavy atom. The van der Waals surface area contributed by atoms with Crippen molar-refractivity contribution in [2.24, 2.45) is 0 Å². The van der Waals surface area contributed by atoms with Gasteiger partial charge < -0.3 is 4.74 Å². The molecule has 0 radical (unpaired) electrons. The quantitative estimate of drug-likeness (QED) is 0.823. The normalized spacial score (nSPS) is 10.7. The minimum absolute atomic E-state index is 0.309. The molecule has 0 aliphatic rings. The topological polar surface area (TPSA) is 35.0 Å². The van der Waals surface area contributed by atoms with Crippen LogP contribution in [0.25, 0.3) is 0 Å². The lowest BCUT2D eigenvalue weighted by atomic mass is 10.2. The fraction of sp³-hybridized carbons (Fsp3) is 0.333. The Morgan fingerprint density at radius 2 is 1.83 bits per heavy atom. The Morgan fingerprint density at radius 3 is 2.50 bits per heavy atom. The largest absolute Gasteiger partial charge is 0.473 e. The zero-order valence-corrected chi connectivity index (χ0v) is 11.1. The van der Waals surface area contributed by atoms with Crippen LogP contribution >= 0.6 is 0 Å². The van der Waals surface area contributed by atoms with E-state index < -0.39 is 0 Å². The van der Waals surface area contributed by atoms with Crippen molar-refractivity contribution in [1.82, 2.24) is 9.97 Å². The summed E-state index contributed by atoms with van der Waals surface area (Å²) in [5, 5.41) is 0. The first-order chi connectivity index (χ1) is 8.65. The highest BCUT2D eigenvalue weighted by molar-refractivity contribution is 5.18. The fourth-order valence-electron chi connectivity index (χ4n) is 1.63. The van der Waals surface area contributed by atoms with Crippen LogP contribution in [0.15, 0.2) is 36.4 Å². The number of rotatable bonds is 4. The standard InChI is InChI=1S/C15H18N2O/c1-11(2)15-16-12(3)9-14(17-15)18-10-13-7-5-4-6-8-13/h4-9,11H,10H2,1-3H3. The van der Waals surface area contributed by atoms with Crippen LogP contribution in [-0.4, -0.2) is 9.97 Å². The van der Waals surface area contributed by atoms with E-state index in [9.17, 15) is 0 Å². The van der Waals surface area contributed by atoms with E-state index in [1.165, 1.54) is 0 Å². The molecule has 2 aromatic rings. The molecule has 3 nitrogen and oxygen atoms in total. The Hall–Kier alpha value is -1.90. The van der Waals surface area contributed by atoms with Crippen molar-refractivity contribution in [3.8, 4) is 5.88 Å². The lowest BCUT2D eigenvalue weighted by Gasteiger charge is -2.09. The van der Waals surface area contributed by atoms with E-state index in [0.717, 1.165) is 17.1 Å². The molecular weight excluding hydrogens is 224 g/mol. The summed E-state index contributed by atoms with van der Waals surface area (Å²) in [6.45, 7) is 6.66. The molecule has 0 spiro atoms. The molecule has 2 rings (SSSR count). The van der Waals surface area contributed by atoms with Crippen LogP contribution in [0.1, 0.15) is 36.8 Å². The molecule has 0 fully saturated rings. The summed E-state index contributed by atoms with van der Waals surface area (Å²) in [4.78, 5) is 8.81. The third-order valence-corrected chi connectivity index (χ3v) is 2.59. The predicted molar refractivity (Wildman–Crippen MR) is 71.6 cm³/mol. The molecular formula is C15H18N2O. The molecule has 18 heavy (non-hydrogen) atoms. The lowest BCUT2D eigenvalue weighted by molar-refractivity contribution is 0.291. The molecule has 0 saturated carbocycles. The minimum Gasteiger partial charge on any atom is -0.473 e. The van der Waals surface area contributed by atoms with Gasteiger partial charge >= 0.3 is 0 Å². The molecule has 94 valence electrons. The predicted octanol–water partition coefficient (Wildman–Crippen LogP) is 3.49. The molecule has 0 unspecified atom stereocenters. The Bertz CT molecular complexity index is 509. The lowest BCUT2D eigenvalue weighted by Crippen LogP contribution is -2.03. The van der Waals surface area contributed by atoms with Gasteiger partial charge in [0.1, 0.15) is 12.4 Å². The number of ether oxygens (including phenoxy) is 1. The molecule has 1 aromatic carbocycles. The maximum absolute atomic E-state index is 5.71. The van der Waals surface area contributed by atoms with Crippen LogP contribution in [0.5, 0.6) is 5.88 Å². The first kappa shape index (κ1) is 12.6. The highest BCUT2D eigenvalue weighted by Gasteiger charge is 2.06. The van der Waals surface area contributed by atoms with Gasteiger partial charge in [-0.1, -0.05) is 44.2 Å². The van der Waals surface area contributed by atoms with E-state index in [1.807, 2.05) is 43.3 Å². The van der Waals surface area contributed by atoms with Gasteiger partial charge in [-0.15, -0.1) is 0 Å². The van der Waals surface area contributed by atoms with Crippen LogP contribution in [0.4, 0.5) is 0 Å². The summed E-state index contributed by atoms with van der Waals surface area (Å²) in [6.07, 6.45) is 0. The number of nitrogens with zero attached hydrogens (tertiary/aromatic N) is 2. The SMILES string of the molecule is Cc1cc(OCc2ccccc2)nc(C(C)C)n1. The summed E-state index contributed by atoms with van der Waals surface area (Å²) in [6, 6.07) is 12.0. The number of aromatic nitrogens is 2. The fourth-order valence-corrected chi connectivity index (χ4v) is 1.63. The van der Waals surface area contributed by atoms with Crippen molar-refractivity contribution < 1.29 is 4.74 Å². The molecule has 3 heteroatoms. The first-order valence-corrected chi connectivity index (χ1v) is 6.17. The average molecular weight is 242 g/mol. The van der Waals surface area contributed by atoms with Crippen molar-refractivity contribution >= 4 is 0 Å². The van der Waals surface area contributed by atoms with Crippen molar-refractivity contribution in [1.29, 1.82) is 0 Å². The van der Waals surface area contributed by atoms with Crippen molar-refractivity contribution in [3.63, 3.8) is 0 Å². The van der Waals surface area contributed by atoms with Crippen LogP contribution in [-0.2, 0) is 6.61 Å². The maximum Gasteiger partial charge on any atom is 0.217 e. The van der Waals surface area contributed by atoms with Gasteiger partial charge in [0.2, 0.25) is 5.88 Å². The van der Waals surface area contributed by atoms with E-state index in [2.05, 4.69) is 23.8 Å². The molecule has 0 saturated heterocycles. The summed E-state index contributed by atoms with van der Waals surface area (Å²) in [5.74, 6) is 1.79. The molecule has 1 aromatic heterocycles. The summed E-state index contributed by atoms with van der Waals surface area (Å²) in [7, 11) is 0. The van der Waals surface area contributed by atoms with Gasteiger partial charge in [-0.2, -0.15) is 4.98 Å². The van der Waals surface area contributed by atoms with Crippen molar-refractivity contribution in [3.05, 3.63) is 53.5 Å². The highest BCUT2D eigenvalue weighted by Crippen LogP contribution is 2.16. The zero-order valence-electron chi connectivity index (χ0n) is 11.1. The van der Waals surface area contributed by atoms with E-state index in [4.69, 9.17) is 4.74 Å². The van der Waals surface area contributed by atoms with Crippen molar-refractivity contribution in [2.45, 2.75) is 33.3 Å². The summed E-state index contributed by atoms with van der Waals surface area (Å²) < 4.78 is 5.71. The van der Waals surface area contributed by atoms with Gasteiger partial charge in [0.05, 0.1) is 0 Å². The van der Waals surface area contributed by atoms with Gasteiger partial charge in [0, 0.05) is 17.7 Å². The zero-order chi connectivity index (χ0) is 13.0. The minimum atomic E-state index is 0.309. The van der Waals surface area contributed by atoms with Gasteiger partial charge in [0.15, 0.2) is 0 Å².